The van der Waals surface area contributed by atoms with Crippen molar-refractivity contribution in [3.8, 4) is 12.3 Å². The zero-order valence-electron chi connectivity index (χ0n) is 16.0. The average Bonchev–Trinajstić information content (AvgIpc) is 3.00. The standard InChI is InChI=1S/C22H20N2O3S/c1-5-10-24-18-9-8-17(21(26)27-4)13-19(18)28-22(24)23-20(25)12-16-7-6-14(2)15(3)11-16/h1,6-9,11,13H,10,12H2,2-4H3. The molecule has 0 fully saturated rings. The van der Waals surface area contributed by atoms with Crippen molar-refractivity contribution in [2.24, 2.45) is 4.99 Å². The van der Waals surface area contributed by atoms with Crippen LogP contribution in [0.4, 0.5) is 0 Å². The summed E-state index contributed by atoms with van der Waals surface area (Å²) in [6.07, 6.45) is 5.72. The summed E-state index contributed by atoms with van der Waals surface area (Å²) in [7, 11) is 1.34. The van der Waals surface area contributed by atoms with Crippen molar-refractivity contribution in [2.45, 2.75) is 26.8 Å². The summed E-state index contributed by atoms with van der Waals surface area (Å²) >= 11 is 1.32. The molecule has 28 heavy (non-hydrogen) atoms. The van der Waals surface area contributed by atoms with Gasteiger partial charge in [0.15, 0.2) is 4.80 Å². The number of carbonyl (C=O) groups is 2. The minimum atomic E-state index is -0.414. The Labute approximate surface area is 167 Å². The maximum absolute atomic E-state index is 12.5. The molecular formula is C22H20N2O3S. The predicted molar refractivity (Wildman–Crippen MR) is 110 cm³/mol. The number of methoxy groups -OCH3 is 1. The number of benzene rings is 2. The van der Waals surface area contributed by atoms with E-state index in [-0.39, 0.29) is 18.9 Å². The molecule has 0 saturated carbocycles. The normalized spacial score (nSPS) is 11.4. The van der Waals surface area contributed by atoms with E-state index in [0.717, 1.165) is 21.3 Å². The molecule has 6 heteroatoms. The number of terminal acetylenes is 1. The van der Waals surface area contributed by atoms with Gasteiger partial charge in [-0.05, 0) is 48.7 Å². The Morgan fingerprint density at radius 3 is 2.64 bits per heavy atom. The molecule has 3 rings (SSSR count). The lowest BCUT2D eigenvalue weighted by Gasteiger charge is -2.03. The van der Waals surface area contributed by atoms with Gasteiger partial charge in [-0.15, -0.1) is 6.42 Å². The van der Waals surface area contributed by atoms with E-state index in [1.54, 1.807) is 22.8 Å². The molecule has 1 heterocycles. The zero-order chi connectivity index (χ0) is 20.3. The van der Waals surface area contributed by atoms with Crippen molar-refractivity contribution in [3.63, 3.8) is 0 Å². The van der Waals surface area contributed by atoms with Crippen LogP contribution in [-0.2, 0) is 22.5 Å². The van der Waals surface area contributed by atoms with E-state index in [9.17, 15) is 9.59 Å². The fraction of sp³-hybridized carbons (Fsp3) is 0.227. The second-order valence-electron chi connectivity index (χ2n) is 6.45. The van der Waals surface area contributed by atoms with Gasteiger partial charge < -0.3 is 9.30 Å². The van der Waals surface area contributed by atoms with Crippen LogP contribution in [-0.4, -0.2) is 23.6 Å². The summed E-state index contributed by atoms with van der Waals surface area (Å²) in [4.78, 5) is 29.1. The molecule has 0 spiro atoms. The Morgan fingerprint density at radius 1 is 1.18 bits per heavy atom. The molecule has 1 amide bonds. The monoisotopic (exact) mass is 392 g/mol. The van der Waals surface area contributed by atoms with Gasteiger partial charge in [0.05, 0.1) is 35.9 Å². The molecule has 0 aliphatic heterocycles. The third-order valence-electron chi connectivity index (χ3n) is 4.50. The summed E-state index contributed by atoms with van der Waals surface area (Å²) in [5, 5.41) is 0. The Bertz CT molecular complexity index is 1180. The van der Waals surface area contributed by atoms with Gasteiger partial charge in [0, 0.05) is 0 Å². The van der Waals surface area contributed by atoms with Gasteiger partial charge >= 0.3 is 5.97 Å². The number of hydrogen-bond donors (Lipinski definition) is 0. The SMILES string of the molecule is C#CCn1c(=NC(=O)Cc2ccc(C)c(C)c2)sc2cc(C(=O)OC)ccc21. The summed E-state index contributed by atoms with van der Waals surface area (Å²) < 4.78 is 7.39. The highest BCUT2D eigenvalue weighted by Gasteiger charge is 2.12. The van der Waals surface area contributed by atoms with Crippen LogP contribution in [0.5, 0.6) is 0 Å². The van der Waals surface area contributed by atoms with Crippen LogP contribution >= 0.6 is 11.3 Å². The first-order valence-corrected chi connectivity index (χ1v) is 9.53. The number of rotatable bonds is 4. The third-order valence-corrected chi connectivity index (χ3v) is 5.54. The van der Waals surface area contributed by atoms with Gasteiger partial charge in [0.2, 0.25) is 0 Å². The molecule has 2 aromatic carbocycles. The maximum atomic E-state index is 12.5. The maximum Gasteiger partial charge on any atom is 0.337 e. The first-order valence-electron chi connectivity index (χ1n) is 8.71. The summed E-state index contributed by atoms with van der Waals surface area (Å²) in [6, 6.07) is 11.2. The van der Waals surface area contributed by atoms with Crippen molar-refractivity contribution >= 4 is 33.4 Å². The molecule has 0 bridgehead atoms. The number of ether oxygens (including phenoxy) is 1. The van der Waals surface area contributed by atoms with Gasteiger partial charge in [-0.2, -0.15) is 4.99 Å². The molecule has 0 aliphatic carbocycles. The first kappa shape index (κ1) is 19.6. The number of hydrogen-bond acceptors (Lipinski definition) is 4. The van der Waals surface area contributed by atoms with E-state index in [2.05, 4.69) is 10.9 Å². The van der Waals surface area contributed by atoms with E-state index in [0.29, 0.717) is 10.4 Å². The van der Waals surface area contributed by atoms with Crippen molar-refractivity contribution in [1.29, 1.82) is 0 Å². The second kappa shape index (κ2) is 8.24. The van der Waals surface area contributed by atoms with Crippen molar-refractivity contribution < 1.29 is 14.3 Å². The summed E-state index contributed by atoms with van der Waals surface area (Å²) in [5.41, 5.74) is 4.52. The van der Waals surface area contributed by atoms with E-state index >= 15 is 0 Å². The quantitative estimate of drug-likeness (QED) is 0.505. The minimum absolute atomic E-state index is 0.221. The topological polar surface area (TPSA) is 60.7 Å². The number of fused-ring (bicyclic) bond motifs is 1. The fourth-order valence-electron chi connectivity index (χ4n) is 2.88. The highest BCUT2D eigenvalue weighted by molar-refractivity contribution is 7.16. The van der Waals surface area contributed by atoms with Crippen molar-refractivity contribution in [2.75, 3.05) is 7.11 Å². The number of nitrogens with zero attached hydrogens (tertiary/aromatic N) is 2. The third kappa shape index (κ3) is 4.05. The number of aromatic nitrogens is 1. The summed E-state index contributed by atoms with van der Waals surface area (Å²) in [5.74, 6) is 1.94. The molecule has 0 atom stereocenters. The number of amides is 1. The fourth-order valence-corrected chi connectivity index (χ4v) is 3.97. The van der Waals surface area contributed by atoms with Gasteiger partial charge in [0.1, 0.15) is 0 Å². The highest BCUT2D eigenvalue weighted by Crippen LogP contribution is 2.20. The van der Waals surface area contributed by atoms with Crippen molar-refractivity contribution in [3.05, 3.63) is 63.5 Å². The van der Waals surface area contributed by atoms with Gasteiger partial charge in [-0.3, -0.25) is 4.79 Å². The molecule has 142 valence electrons. The van der Waals surface area contributed by atoms with Crippen LogP contribution in [0.3, 0.4) is 0 Å². The summed E-state index contributed by atoms with van der Waals surface area (Å²) in [6.45, 7) is 4.34. The molecule has 0 aliphatic rings. The lowest BCUT2D eigenvalue weighted by Crippen LogP contribution is -2.17. The van der Waals surface area contributed by atoms with E-state index in [1.807, 2.05) is 32.0 Å². The molecule has 0 unspecified atom stereocenters. The Kier molecular flexibility index (Phi) is 5.76. The van der Waals surface area contributed by atoms with Crippen LogP contribution in [0.1, 0.15) is 27.0 Å². The van der Waals surface area contributed by atoms with Crippen LogP contribution in [0.25, 0.3) is 10.2 Å². The zero-order valence-corrected chi connectivity index (χ0v) is 16.8. The smallest absolute Gasteiger partial charge is 0.337 e. The Morgan fingerprint density at radius 2 is 1.96 bits per heavy atom. The van der Waals surface area contributed by atoms with Crippen LogP contribution in [0.2, 0.25) is 0 Å². The number of carbonyl (C=O) groups excluding carboxylic acids is 2. The first-order chi connectivity index (χ1) is 13.4. The van der Waals surface area contributed by atoms with E-state index < -0.39 is 5.97 Å². The molecule has 0 N–H and O–H groups in total. The molecule has 0 saturated heterocycles. The van der Waals surface area contributed by atoms with Gasteiger partial charge in [-0.25, -0.2) is 4.79 Å². The van der Waals surface area contributed by atoms with Gasteiger partial charge in [-0.1, -0.05) is 35.5 Å². The largest absolute Gasteiger partial charge is 0.465 e. The van der Waals surface area contributed by atoms with E-state index in [4.69, 9.17) is 11.2 Å². The lowest BCUT2D eigenvalue weighted by atomic mass is 10.0. The van der Waals surface area contributed by atoms with Crippen molar-refractivity contribution in [1.82, 2.24) is 4.57 Å². The Hall–Kier alpha value is -3.17. The second-order valence-corrected chi connectivity index (χ2v) is 7.46. The number of esters is 1. The lowest BCUT2D eigenvalue weighted by molar-refractivity contribution is -0.117. The van der Waals surface area contributed by atoms with Crippen LogP contribution in [0, 0.1) is 26.2 Å². The van der Waals surface area contributed by atoms with Gasteiger partial charge in [0.25, 0.3) is 5.91 Å². The molecule has 3 aromatic rings. The molecule has 0 radical (unpaired) electrons. The van der Waals surface area contributed by atoms with Crippen LogP contribution < -0.4 is 4.80 Å². The van der Waals surface area contributed by atoms with Crippen LogP contribution in [0.15, 0.2) is 41.4 Å². The highest BCUT2D eigenvalue weighted by atomic mass is 32.1. The molecule has 1 aromatic heterocycles. The average molecular weight is 392 g/mol. The molecule has 5 nitrogen and oxygen atoms in total. The molecular weight excluding hydrogens is 372 g/mol. The minimum Gasteiger partial charge on any atom is -0.465 e. The van der Waals surface area contributed by atoms with E-state index in [1.165, 1.54) is 24.0 Å². The number of aryl methyl sites for hydroxylation is 2. The number of thiazole rings is 1. The Balaban J connectivity index is 2.01. The predicted octanol–water partition coefficient (Wildman–Crippen LogP) is 3.41.